The average molecular weight is 194 g/mol. The van der Waals surface area contributed by atoms with E-state index in [1.54, 1.807) is 0 Å². The van der Waals surface area contributed by atoms with Gasteiger partial charge in [0.15, 0.2) is 0 Å². The fraction of sp³-hybridized carbons (Fsp3) is 0.273. The van der Waals surface area contributed by atoms with E-state index in [1.807, 2.05) is 32.2 Å². The van der Waals surface area contributed by atoms with Crippen molar-refractivity contribution in [3.8, 4) is 11.8 Å². The third-order valence-corrected chi connectivity index (χ3v) is 2.08. The Labute approximate surface area is 84.1 Å². The number of halogens is 1. The second kappa shape index (κ2) is 4.91. The van der Waals surface area contributed by atoms with Gasteiger partial charge in [0.2, 0.25) is 0 Å². The molecule has 1 rings (SSSR count). The Morgan fingerprint density at radius 3 is 2.85 bits per heavy atom. The number of aryl methyl sites for hydroxylation is 1. The van der Waals surface area contributed by atoms with Crippen LogP contribution in [0.2, 0.25) is 5.02 Å². The molecule has 1 N–H and O–H groups in total. The first kappa shape index (κ1) is 10.1. The molecule has 0 amide bonds. The standard InChI is InChI=1S/C11H12ClN/c1-9-8-10(4-3-7-13-2)5-6-11(9)12/h5-6,8,13H,7H2,1-2H3. The average Bonchev–Trinajstić information content (AvgIpc) is 2.12. The highest BCUT2D eigenvalue weighted by Crippen LogP contribution is 2.15. The fourth-order valence-electron chi connectivity index (χ4n) is 0.957. The van der Waals surface area contributed by atoms with Gasteiger partial charge >= 0.3 is 0 Å². The topological polar surface area (TPSA) is 12.0 Å². The maximum atomic E-state index is 5.88. The summed E-state index contributed by atoms with van der Waals surface area (Å²) >= 11 is 5.88. The summed E-state index contributed by atoms with van der Waals surface area (Å²) in [6.07, 6.45) is 0. The molecule has 0 aliphatic heterocycles. The van der Waals surface area contributed by atoms with E-state index >= 15 is 0 Å². The molecule has 0 bridgehead atoms. The zero-order valence-corrected chi connectivity index (χ0v) is 8.57. The number of rotatable bonds is 1. The second-order valence-corrected chi connectivity index (χ2v) is 3.20. The van der Waals surface area contributed by atoms with Crippen LogP contribution < -0.4 is 5.32 Å². The fourth-order valence-corrected chi connectivity index (χ4v) is 1.07. The highest BCUT2D eigenvalue weighted by Gasteiger charge is 1.93. The Balaban J connectivity index is 2.81. The summed E-state index contributed by atoms with van der Waals surface area (Å²) in [5.74, 6) is 6.04. The van der Waals surface area contributed by atoms with Crippen LogP contribution in [0.4, 0.5) is 0 Å². The van der Waals surface area contributed by atoms with Crippen molar-refractivity contribution in [3.63, 3.8) is 0 Å². The van der Waals surface area contributed by atoms with Crippen molar-refractivity contribution in [2.75, 3.05) is 13.6 Å². The van der Waals surface area contributed by atoms with Crippen LogP contribution in [0, 0.1) is 18.8 Å². The third kappa shape index (κ3) is 3.10. The third-order valence-electron chi connectivity index (χ3n) is 1.66. The van der Waals surface area contributed by atoms with Crippen LogP contribution in [0.1, 0.15) is 11.1 Å². The van der Waals surface area contributed by atoms with Crippen LogP contribution in [-0.2, 0) is 0 Å². The Hall–Kier alpha value is -0.970. The first-order valence-electron chi connectivity index (χ1n) is 4.13. The van der Waals surface area contributed by atoms with Gasteiger partial charge in [0.05, 0.1) is 6.54 Å². The van der Waals surface area contributed by atoms with Gasteiger partial charge in [-0.15, -0.1) is 0 Å². The molecule has 13 heavy (non-hydrogen) atoms. The zero-order chi connectivity index (χ0) is 9.68. The van der Waals surface area contributed by atoms with Gasteiger partial charge in [-0.25, -0.2) is 0 Å². The summed E-state index contributed by atoms with van der Waals surface area (Å²) in [7, 11) is 1.88. The lowest BCUT2D eigenvalue weighted by Crippen LogP contribution is -2.04. The number of nitrogens with one attached hydrogen (secondary N) is 1. The predicted octanol–water partition coefficient (Wildman–Crippen LogP) is 2.22. The lowest BCUT2D eigenvalue weighted by Gasteiger charge is -1.96. The minimum Gasteiger partial charge on any atom is -0.309 e. The van der Waals surface area contributed by atoms with Gasteiger partial charge in [-0.2, -0.15) is 0 Å². The van der Waals surface area contributed by atoms with E-state index in [0.29, 0.717) is 6.54 Å². The van der Waals surface area contributed by atoms with Crippen LogP contribution >= 0.6 is 11.6 Å². The molecule has 1 nitrogen and oxygen atoms in total. The molecular formula is C11H12ClN. The summed E-state index contributed by atoms with van der Waals surface area (Å²) < 4.78 is 0. The Morgan fingerprint density at radius 1 is 1.46 bits per heavy atom. The van der Waals surface area contributed by atoms with E-state index in [9.17, 15) is 0 Å². The molecule has 1 aromatic rings. The lowest BCUT2D eigenvalue weighted by molar-refractivity contribution is 0.938. The molecule has 0 saturated heterocycles. The first-order chi connectivity index (χ1) is 6.24. The maximum Gasteiger partial charge on any atom is 0.0577 e. The van der Waals surface area contributed by atoms with Crippen molar-refractivity contribution in [2.45, 2.75) is 6.92 Å². The Bertz CT molecular complexity index is 347. The molecular weight excluding hydrogens is 182 g/mol. The van der Waals surface area contributed by atoms with Gasteiger partial charge in [0.25, 0.3) is 0 Å². The summed E-state index contributed by atoms with van der Waals surface area (Å²) in [6, 6.07) is 5.79. The van der Waals surface area contributed by atoms with Crippen molar-refractivity contribution in [1.82, 2.24) is 5.32 Å². The Morgan fingerprint density at radius 2 is 2.23 bits per heavy atom. The number of hydrogen-bond acceptors (Lipinski definition) is 1. The van der Waals surface area contributed by atoms with Gasteiger partial charge in [0.1, 0.15) is 0 Å². The van der Waals surface area contributed by atoms with E-state index in [2.05, 4.69) is 17.2 Å². The molecule has 2 heteroatoms. The van der Waals surface area contributed by atoms with Crippen LogP contribution in [0.3, 0.4) is 0 Å². The van der Waals surface area contributed by atoms with Crippen molar-refractivity contribution in [1.29, 1.82) is 0 Å². The molecule has 0 fully saturated rings. The van der Waals surface area contributed by atoms with Crippen molar-refractivity contribution in [3.05, 3.63) is 34.3 Å². The highest BCUT2D eigenvalue weighted by molar-refractivity contribution is 6.31. The molecule has 68 valence electrons. The van der Waals surface area contributed by atoms with Gasteiger partial charge < -0.3 is 5.32 Å². The van der Waals surface area contributed by atoms with Gasteiger partial charge in [-0.1, -0.05) is 23.4 Å². The summed E-state index contributed by atoms with van der Waals surface area (Å²) in [6.45, 7) is 2.69. The van der Waals surface area contributed by atoms with E-state index in [0.717, 1.165) is 16.1 Å². The van der Waals surface area contributed by atoms with E-state index in [-0.39, 0.29) is 0 Å². The van der Waals surface area contributed by atoms with Gasteiger partial charge in [-0.05, 0) is 37.7 Å². The Kier molecular flexibility index (Phi) is 3.82. The van der Waals surface area contributed by atoms with Crippen LogP contribution in [0.5, 0.6) is 0 Å². The zero-order valence-electron chi connectivity index (χ0n) is 7.82. The summed E-state index contributed by atoms with van der Waals surface area (Å²) in [5.41, 5.74) is 2.08. The van der Waals surface area contributed by atoms with Crippen molar-refractivity contribution >= 4 is 11.6 Å². The quantitative estimate of drug-likeness (QED) is 0.675. The smallest absolute Gasteiger partial charge is 0.0577 e. The molecule has 1 aromatic carbocycles. The molecule has 0 aromatic heterocycles. The summed E-state index contributed by atoms with van der Waals surface area (Å²) in [4.78, 5) is 0. The minimum absolute atomic E-state index is 0.710. The minimum atomic E-state index is 0.710. The molecule has 0 atom stereocenters. The molecule has 0 radical (unpaired) electrons. The lowest BCUT2D eigenvalue weighted by atomic mass is 10.1. The maximum absolute atomic E-state index is 5.88. The van der Waals surface area contributed by atoms with E-state index < -0.39 is 0 Å². The molecule has 0 spiro atoms. The van der Waals surface area contributed by atoms with Gasteiger partial charge in [0, 0.05) is 10.6 Å². The number of hydrogen-bond donors (Lipinski definition) is 1. The van der Waals surface area contributed by atoms with E-state index in [4.69, 9.17) is 11.6 Å². The molecule has 0 aliphatic rings. The molecule has 0 saturated carbocycles. The van der Waals surface area contributed by atoms with Crippen LogP contribution in [-0.4, -0.2) is 13.6 Å². The highest BCUT2D eigenvalue weighted by atomic mass is 35.5. The SMILES string of the molecule is CNCC#Cc1ccc(Cl)c(C)c1. The summed E-state index contributed by atoms with van der Waals surface area (Å²) in [5, 5.41) is 3.76. The van der Waals surface area contributed by atoms with Crippen LogP contribution in [0.15, 0.2) is 18.2 Å². The van der Waals surface area contributed by atoms with Crippen molar-refractivity contribution < 1.29 is 0 Å². The molecule has 0 aliphatic carbocycles. The predicted molar refractivity (Wildman–Crippen MR) is 57.0 cm³/mol. The van der Waals surface area contributed by atoms with E-state index in [1.165, 1.54) is 0 Å². The van der Waals surface area contributed by atoms with Crippen molar-refractivity contribution in [2.24, 2.45) is 0 Å². The van der Waals surface area contributed by atoms with Gasteiger partial charge in [-0.3, -0.25) is 0 Å². The molecule has 0 heterocycles. The normalized spacial score (nSPS) is 9.15. The second-order valence-electron chi connectivity index (χ2n) is 2.80. The largest absolute Gasteiger partial charge is 0.309 e. The molecule has 0 unspecified atom stereocenters. The van der Waals surface area contributed by atoms with Crippen LogP contribution in [0.25, 0.3) is 0 Å². The monoisotopic (exact) mass is 193 g/mol. The first-order valence-corrected chi connectivity index (χ1v) is 4.51. The number of benzene rings is 1.